The molecule has 1 N–H and O–H groups in total. The lowest BCUT2D eigenvalue weighted by Gasteiger charge is -2.26. The molecule has 0 bridgehead atoms. The molecule has 94 valence electrons. The highest BCUT2D eigenvalue weighted by atomic mass is 79.9. The fourth-order valence-corrected chi connectivity index (χ4v) is 2.13. The maximum absolute atomic E-state index is 14.1. The van der Waals surface area contributed by atoms with Gasteiger partial charge >= 0.3 is 5.97 Å². The van der Waals surface area contributed by atoms with Crippen LogP contribution in [0.5, 0.6) is 5.75 Å². The highest BCUT2D eigenvalue weighted by Crippen LogP contribution is 2.38. The van der Waals surface area contributed by atoms with Crippen LogP contribution in [0.4, 0.5) is 4.39 Å². The summed E-state index contributed by atoms with van der Waals surface area (Å²) in [6.45, 7) is 3.35. The second-order valence-electron chi connectivity index (χ2n) is 4.39. The van der Waals surface area contributed by atoms with Gasteiger partial charge < -0.3 is 9.84 Å². The first-order valence-corrected chi connectivity index (χ1v) is 5.83. The summed E-state index contributed by atoms with van der Waals surface area (Å²) in [6.07, 6.45) is -0.170. The molecule has 0 heterocycles. The van der Waals surface area contributed by atoms with Gasteiger partial charge in [0.1, 0.15) is 11.6 Å². The average Bonchev–Trinajstić information content (AvgIpc) is 2.19. The molecule has 3 nitrogen and oxygen atoms in total. The van der Waals surface area contributed by atoms with Crippen LogP contribution in [-0.4, -0.2) is 18.2 Å². The van der Waals surface area contributed by atoms with Gasteiger partial charge in [0.15, 0.2) is 0 Å². The molecule has 0 atom stereocenters. The van der Waals surface area contributed by atoms with Gasteiger partial charge in [-0.15, -0.1) is 0 Å². The Bertz CT molecular complexity index is 444. The number of benzene rings is 1. The quantitative estimate of drug-likeness (QED) is 0.928. The number of carboxylic acid groups (broad SMARTS) is 1. The van der Waals surface area contributed by atoms with Crippen molar-refractivity contribution >= 4 is 21.9 Å². The number of carbonyl (C=O) groups is 1. The number of hydrogen-bond acceptors (Lipinski definition) is 2. The van der Waals surface area contributed by atoms with Gasteiger partial charge in [0, 0.05) is 11.0 Å². The SMILES string of the molecule is COc1ccc(Br)c(F)c1C(C)(C)CC(=O)O. The fourth-order valence-electron chi connectivity index (χ4n) is 1.80. The van der Waals surface area contributed by atoms with Crippen LogP contribution < -0.4 is 4.74 Å². The molecule has 0 aliphatic heterocycles. The fraction of sp³-hybridized carbons (Fsp3) is 0.417. The Morgan fingerprint density at radius 3 is 2.59 bits per heavy atom. The Kier molecular flexibility index (Phi) is 4.14. The van der Waals surface area contributed by atoms with Crippen molar-refractivity contribution < 1.29 is 19.0 Å². The first-order chi connectivity index (χ1) is 7.79. The summed E-state index contributed by atoms with van der Waals surface area (Å²) in [4.78, 5) is 10.8. The molecule has 1 aromatic carbocycles. The Labute approximate surface area is 108 Å². The van der Waals surface area contributed by atoms with Crippen molar-refractivity contribution in [1.82, 2.24) is 0 Å². The van der Waals surface area contributed by atoms with Gasteiger partial charge in [-0.1, -0.05) is 13.8 Å². The Morgan fingerprint density at radius 2 is 2.12 bits per heavy atom. The zero-order valence-electron chi connectivity index (χ0n) is 9.88. The third kappa shape index (κ3) is 2.97. The van der Waals surface area contributed by atoms with Crippen molar-refractivity contribution in [1.29, 1.82) is 0 Å². The van der Waals surface area contributed by atoms with E-state index in [4.69, 9.17) is 9.84 Å². The summed E-state index contributed by atoms with van der Waals surface area (Å²) < 4.78 is 19.5. The monoisotopic (exact) mass is 304 g/mol. The number of carboxylic acids is 1. The van der Waals surface area contributed by atoms with Crippen molar-refractivity contribution in [2.75, 3.05) is 7.11 Å². The molecule has 0 amide bonds. The van der Waals surface area contributed by atoms with Crippen molar-refractivity contribution in [2.24, 2.45) is 0 Å². The van der Waals surface area contributed by atoms with E-state index in [0.717, 1.165) is 0 Å². The van der Waals surface area contributed by atoms with Crippen LogP contribution >= 0.6 is 15.9 Å². The molecular weight excluding hydrogens is 291 g/mol. The maximum Gasteiger partial charge on any atom is 0.304 e. The molecule has 0 aliphatic rings. The largest absolute Gasteiger partial charge is 0.496 e. The minimum atomic E-state index is -0.976. The van der Waals surface area contributed by atoms with Crippen LogP contribution in [0.3, 0.4) is 0 Å². The van der Waals surface area contributed by atoms with E-state index in [1.165, 1.54) is 13.2 Å². The Balaban J connectivity index is 3.37. The smallest absolute Gasteiger partial charge is 0.304 e. The van der Waals surface area contributed by atoms with Gasteiger partial charge in [-0.25, -0.2) is 4.39 Å². The first-order valence-electron chi connectivity index (χ1n) is 5.04. The van der Waals surface area contributed by atoms with E-state index < -0.39 is 17.2 Å². The molecule has 0 unspecified atom stereocenters. The van der Waals surface area contributed by atoms with E-state index in [0.29, 0.717) is 10.2 Å². The molecule has 1 rings (SSSR count). The van der Waals surface area contributed by atoms with Crippen LogP contribution in [-0.2, 0) is 10.2 Å². The maximum atomic E-state index is 14.1. The van der Waals surface area contributed by atoms with E-state index >= 15 is 0 Å². The van der Waals surface area contributed by atoms with Gasteiger partial charge in [-0.05, 0) is 28.1 Å². The highest BCUT2D eigenvalue weighted by molar-refractivity contribution is 9.10. The summed E-state index contributed by atoms with van der Waals surface area (Å²) in [6, 6.07) is 3.15. The second kappa shape index (κ2) is 5.04. The summed E-state index contributed by atoms with van der Waals surface area (Å²) in [5.74, 6) is -1.09. The third-order valence-electron chi connectivity index (χ3n) is 2.55. The predicted octanol–water partition coefficient (Wildman–Crippen LogP) is 3.35. The van der Waals surface area contributed by atoms with E-state index in [2.05, 4.69) is 15.9 Å². The molecule has 1 aromatic rings. The van der Waals surface area contributed by atoms with Crippen molar-refractivity contribution in [3.63, 3.8) is 0 Å². The molecule has 5 heteroatoms. The van der Waals surface area contributed by atoms with Gasteiger partial charge in [-0.3, -0.25) is 4.79 Å². The van der Waals surface area contributed by atoms with Crippen LogP contribution in [0, 0.1) is 5.82 Å². The van der Waals surface area contributed by atoms with E-state index in [9.17, 15) is 9.18 Å². The predicted molar refractivity (Wildman–Crippen MR) is 65.9 cm³/mol. The highest BCUT2D eigenvalue weighted by Gasteiger charge is 2.31. The molecule has 0 fully saturated rings. The minimum Gasteiger partial charge on any atom is -0.496 e. The summed E-state index contributed by atoms with van der Waals surface area (Å²) >= 11 is 3.09. The van der Waals surface area contributed by atoms with Crippen LogP contribution in [0.2, 0.25) is 0 Å². The molecule has 0 saturated carbocycles. The van der Waals surface area contributed by atoms with Gasteiger partial charge in [0.05, 0.1) is 18.0 Å². The molecule has 17 heavy (non-hydrogen) atoms. The standard InChI is InChI=1S/C12H14BrFO3/c1-12(2,6-9(15)16)10-8(17-3)5-4-7(13)11(10)14/h4-5H,6H2,1-3H3,(H,15,16). The first kappa shape index (κ1) is 14.0. The van der Waals surface area contributed by atoms with Crippen molar-refractivity contribution in [3.05, 3.63) is 28.0 Å². The van der Waals surface area contributed by atoms with Gasteiger partial charge in [0.2, 0.25) is 0 Å². The zero-order valence-corrected chi connectivity index (χ0v) is 11.5. The minimum absolute atomic E-state index is 0.170. The van der Waals surface area contributed by atoms with E-state index in [-0.39, 0.29) is 12.0 Å². The molecular formula is C12H14BrFO3. The molecule has 0 spiro atoms. The topological polar surface area (TPSA) is 46.5 Å². The zero-order chi connectivity index (χ0) is 13.2. The molecule has 0 radical (unpaired) electrons. The number of rotatable bonds is 4. The molecule has 0 aromatic heterocycles. The Morgan fingerprint density at radius 1 is 1.53 bits per heavy atom. The number of ether oxygens (including phenoxy) is 1. The van der Waals surface area contributed by atoms with Gasteiger partial charge in [0.25, 0.3) is 0 Å². The Hall–Kier alpha value is -1.10. The number of methoxy groups -OCH3 is 1. The number of halogens is 2. The lowest BCUT2D eigenvalue weighted by Crippen LogP contribution is -2.24. The summed E-state index contributed by atoms with van der Waals surface area (Å²) in [7, 11) is 1.43. The third-order valence-corrected chi connectivity index (χ3v) is 3.16. The normalized spacial score (nSPS) is 11.4. The van der Waals surface area contributed by atoms with Crippen LogP contribution in [0.15, 0.2) is 16.6 Å². The van der Waals surface area contributed by atoms with Crippen molar-refractivity contribution in [3.8, 4) is 5.75 Å². The van der Waals surface area contributed by atoms with Gasteiger partial charge in [-0.2, -0.15) is 0 Å². The van der Waals surface area contributed by atoms with Crippen LogP contribution in [0.1, 0.15) is 25.8 Å². The summed E-state index contributed by atoms with van der Waals surface area (Å²) in [5.41, 5.74) is -0.567. The van der Waals surface area contributed by atoms with E-state index in [1.54, 1.807) is 19.9 Å². The number of hydrogen-bond donors (Lipinski definition) is 1. The lowest BCUT2D eigenvalue weighted by atomic mass is 9.80. The molecule has 0 saturated heterocycles. The number of aliphatic carboxylic acids is 1. The molecule has 0 aliphatic carbocycles. The van der Waals surface area contributed by atoms with Crippen LogP contribution in [0.25, 0.3) is 0 Å². The van der Waals surface area contributed by atoms with E-state index in [1.807, 2.05) is 0 Å². The van der Waals surface area contributed by atoms with Crippen molar-refractivity contribution in [2.45, 2.75) is 25.7 Å². The summed E-state index contributed by atoms with van der Waals surface area (Å²) in [5, 5.41) is 8.86. The average molecular weight is 305 g/mol. The lowest BCUT2D eigenvalue weighted by molar-refractivity contribution is -0.138. The second-order valence-corrected chi connectivity index (χ2v) is 5.25.